The Morgan fingerprint density at radius 1 is 1.47 bits per heavy atom. The molecule has 1 aromatic carbocycles. The van der Waals surface area contributed by atoms with Crippen molar-refractivity contribution in [2.45, 2.75) is 38.8 Å². The summed E-state index contributed by atoms with van der Waals surface area (Å²) in [5, 5.41) is 16.7. The van der Waals surface area contributed by atoms with Gasteiger partial charge in [-0.1, -0.05) is 6.07 Å². The number of aryl methyl sites for hydroxylation is 1. The molecule has 0 spiro atoms. The first-order valence-corrected chi connectivity index (χ1v) is 6.29. The summed E-state index contributed by atoms with van der Waals surface area (Å²) in [6.45, 7) is 3.49. The summed E-state index contributed by atoms with van der Waals surface area (Å²) in [4.78, 5) is 22.3. The van der Waals surface area contributed by atoms with Crippen molar-refractivity contribution in [3.05, 3.63) is 33.9 Å². The van der Waals surface area contributed by atoms with Crippen molar-refractivity contribution in [1.82, 2.24) is 5.32 Å². The van der Waals surface area contributed by atoms with Crippen LogP contribution in [0.4, 0.5) is 11.4 Å². The van der Waals surface area contributed by atoms with E-state index in [2.05, 4.69) is 10.6 Å². The van der Waals surface area contributed by atoms with Crippen molar-refractivity contribution >= 4 is 17.3 Å². The normalized spacial score (nSPS) is 15.7. The third kappa shape index (κ3) is 3.43. The maximum absolute atomic E-state index is 11.8. The van der Waals surface area contributed by atoms with Gasteiger partial charge in [0.1, 0.15) is 11.7 Å². The second-order valence-corrected chi connectivity index (χ2v) is 4.93. The number of rotatable bonds is 5. The third-order valence-electron chi connectivity index (χ3n) is 3.04. The van der Waals surface area contributed by atoms with E-state index in [0.717, 1.165) is 18.4 Å². The second kappa shape index (κ2) is 5.26. The zero-order valence-electron chi connectivity index (χ0n) is 11.0. The molecular formula is C13H17N3O3. The van der Waals surface area contributed by atoms with Crippen LogP contribution in [0.3, 0.4) is 0 Å². The molecule has 0 radical (unpaired) electrons. The van der Waals surface area contributed by atoms with Crippen molar-refractivity contribution in [1.29, 1.82) is 0 Å². The Labute approximate surface area is 111 Å². The van der Waals surface area contributed by atoms with Crippen LogP contribution in [0.15, 0.2) is 18.2 Å². The molecule has 0 aliphatic heterocycles. The van der Waals surface area contributed by atoms with Crippen LogP contribution in [-0.2, 0) is 4.79 Å². The Morgan fingerprint density at radius 3 is 2.74 bits per heavy atom. The Morgan fingerprint density at radius 2 is 2.16 bits per heavy atom. The maximum Gasteiger partial charge on any atom is 0.292 e. The molecule has 19 heavy (non-hydrogen) atoms. The number of anilines is 1. The molecule has 1 aliphatic carbocycles. The molecular weight excluding hydrogens is 246 g/mol. The molecule has 1 atom stereocenters. The summed E-state index contributed by atoms with van der Waals surface area (Å²) in [6, 6.07) is 4.69. The van der Waals surface area contributed by atoms with E-state index in [9.17, 15) is 14.9 Å². The molecule has 6 heteroatoms. The van der Waals surface area contributed by atoms with Gasteiger partial charge in [-0.05, 0) is 38.3 Å². The zero-order valence-corrected chi connectivity index (χ0v) is 11.0. The Bertz CT molecular complexity index is 512. The number of nitro groups is 1. The number of nitrogens with zero attached hydrogens (tertiary/aromatic N) is 1. The molecule has 102 valence electrons. The first-order chi connectivity index (χ1) is 8.97. The van der Waals surface area contributed by atoms with Gasteiger partial charge in [-0.15, -0.1) is 0 Å². The van der Waals surface area contributed by atoms with E-state index in [-0.39, 0.29) is 17.6 Å². The van der Waals surface area contributed by atoms with Crippen LogP contribution in [0.1, 0.15) is 25.3 Å². The van der Waals surface area contributed by atoms with E-state index in [1.807, 2.05) is 0 Å². The van der Waals surface area contributed by atoms with Crippen molar-refractivity contribution in [2.75, 3.05) is 5.32 Å². The highest BCUT2D eigenvalue weighted by molar-refractivity contribution is 5.85. The van der Waals surface area contributed by atoms with Crippen molar-refractivity contribution in [3.63, 3.8) is 0 Å². The molecule has 1 fully saturated rings. The van der Waals surface area contributed by atoms with Gasteiger partial charge in [0, 0.05) is 12.1 Å². The van der Waals surface area contributed by atoms with E-state index in [1.54, 1.807) is 26.0 Å². The van der Waals surface area contributed by atoms with Crippen molar-refractivity contribution in [2.24, 2.45) is 0 Å². The fourth-order valence-electron chi connectivity index (χ4n) is 1.77. The number of hydrogen-bond donors (Lipinski definition) is 2. The van der Waals surface area contributed by atoms with Gasteiger partial charge in [0.05, 0.1) is 4.92 Å². The molecule has 1 saturated carbocycles. The first-order valence-electron chi connectivity index (χ1n) is 6.29. The highest BCUT2D eigenvalue weighted by Gasteiger charge is 2.26. The average Bonchev–Trinajstić information content (AvgIpc) is 3.14. The average molecular weight is 263 g/mol. The van der Waals surface area contributed by atoms with E-state index >= 15 is 0 Å². The summed E-state index contributed by atoms with van der Waals surface area (Å²) < 4.78 is 0. The van der Waals surface area contributed by atoms with Crippen molar-refractivity contribution < 1.29 is 9.72 Å². The van der Waals surface area contributed by atoms with Gasteiger partial charge in [0.25, 0.3) is 5.69 Å². The number of carbonyl (C=O) groups is 1. The second-order valence-electron chi connectivity index (χ2n) is 4.93. The molecule has 0 saturated heterocycles. The molecule has 6 nitrogen and oxygen atoms in total. The third-order valence-corrected chi connectivity index (χ3v) is 3.04. The van der Waals surface area contributed by atoms with E-state index in [1.165, 1.54) is 6.07 Å². The van der Waals surface area contributed by atoms with Gasteiger partial charge in [-0.25, -0.2) is 0 Å². The van der Waals surface area contributed by atoms with Crippen LogP contribution < -0.4 is 10.6 Å². The monoisotopic (exact) mass is 263 g/mol. The molecule has 0 bridgehead atoms. The predicted molar refractivity (Wildman–Crippen MR) is 72.1 cm³/mol. The van der Waals surface area contributed by atoms with Crippen LogP contribution in [0, 0.1) is 17.0 Å². The summed E-state index contributed by atoms with van der Waals surface area (Å²) in [5.41, 5.74) is 1.17. The minimum atomic E-state index is -0.498. The molecule has 0 heterocycles. The van der Waals surface area contributed by atoms with Crippen LogP contribution >= 0.6 is 0 Å². The van der Waals surface area contributed by atoms with Crippen molar-refractivity contribution in [3.8, 4) is 0 Å². The van der Waals surface area contributed by atoms with Gasteiger partial charge in [-0.2, -0.15) is 0 Å². The predicted octanol–water partition coefficient (Wildman–Crippen LogP) is 1.98. The fourth-order valence-corrected chi connectivity index (χ4v) is 1.77. The zero-order chi connectivity index (χ0) is 14.0. The number of carbonyl (C=O) groups excluding carboxylic acids is 1. The SMILES string of the molecule is Cc1ccc(NC(C)C(=O)NC2CC2)c([N+](=O)[O-])c1. The highest BCUT2D eigenvalue weighted by atomic mass is 16.6. The Balaban J connectivity index is 2.08. The Kier molecular flexibility index (Phi) is 3.69. The van der Waals surface area contributed by atoms with Gasteiger partial charge in [0.2, 0.25) is 5.91 Å². The lowest BCUT2D eigenvalue weighted by Gasteiger charge is -2.15. The summed E-state index contributed by atoms with van der Waals surface area (Å²) >= 11 is 0. The molecule has 1 aliphatic rings. The van der Waals surface area contributed by atoms with Crippen LogP contribution in [0.2, 0.25) is 0 Å². The van der Waals surface area contributed by atoms with Gasteiger partial charge < -0.3 is 10.6 Å². The Hall–Kier alpha value is -2.11. The molecule has 1 unspecified atom stereocenters. The summed E-state index contributed by atoms with van der Waals surface area (Å²) in [6.07, 6.45) is 2.03. The van der Waals surface area contributed by atoms with Gasteiger partial charge >= 0.3 is 0 Å². The number of amides is 1. The summed E-state index contributed by atoms with van der Waals surface area (Å²) in [5.74, 6) is -0.127. The van der Waals surface area contributed by atoms with Gasteiger partial charge in [0.15, 0.2) is 0 Å². The van der Waals surface area contributed by atoms with Crippen LogP contribution in [-0.4, -0.2) is 22.9 Å². The standard InChI is InChI=1S/C13H17N3O3/c1-8-3-6-11(12(7-8)16(18)19)14-9(2)13(17)15-10-4-5-10/h3,6-7,9-10,14H,4-5H2,1-2H3,(H,15,17). The number of nitro benzene ring substituents is 1. The lowest BCUT2D eigenvalue weighted by Crippen LogP contribution is -2.38. The van der Waals surface area contributed by atoms with Gasteiger partial charge in [-0.3, -0.25) is 14.9 Å². The molecule has 2 N–H and O–H groups in total. The van der Waals surface area contributed by atoms with E-state index in [4.69, 9.17) is 0 Å². The lowest BCUT2D eigenvalue weighted by molar-refractivity contribution is -0.384. The molecule has 1 aromatic rings. The molecule has 1 amide bonds. The highest BCUT2D eigenvalue weighted by Crippen LogP contribution is 2.26. The minimum Gasteiger partial charge on any atom is -0.368 e. The van der Waals surface area contributed by atoms with E-state index in [0.29, 0.717) is 5.69 Å². The largest absolute Gasteiger partial charge is 0.368 e. The molecule has 2 rings (SSSR count). The van der Waals surface area contributed by atoms with Crippen LogP contribution in [0.25, 0.3) is 0 Å². The van der Waals surface area contributed by atoms with E-state index < -0.39 is 11.0 Å². The molecule has 0 aromatic heterocycles. The topological polar surface area (TPSA) is 84.3 Å². The van der Waals surface area contributed by atoms with Crippen LogP contribution in [0.5, 0.6) is 0 Å². The smallest absolute Gasteiger partial charge is 0.292 e. The fraction of sp³-hybridized carbons (Fsp3) is 0.462. The number of benzene rings is 1. The first kappa shape index (κ1) is 13.3. The quantitative estimate of drug-likeness (QED) is 0.628. The lowest BCUT2D eigenvalue weighted by atomic mass is 10.1. The number of hydrogen-bond acceptors (Lipinski definition) is 4. The summed E-state index contributed by atoms with van der Waals surface area (Å²) in [7, 11) is 0. The number of nitrogens with one attached hydrogen (secondary N) is 2. The minimum absolute atomic E-state index is 0.00827. The maximum atomic E-state index is 11.8.